The second kappa shape index (κ2) is 5.78. The van der Waals surface area contributed by atoms with Crippen LogP contribution in [-0.4, -0.2) is 51.0 Å². The summed E-state index contributed by atoms with van der Waals surface area (Å²) in [5.74, 6) is -0.909. The van der Waals surface area contributed by atoms with Gasteiger partial charge in [0.15, 0.2) is 0 Å². The maximum Gasteiger partial charge on any atom is 0.329 e. The molecule has 2 amide bonds. The van der Waals surface area contributed by atoms with Gasteiger partial charge < -0.3 is 14.9 Å². The summed E-state index contributed by atoms with van der Waals surface area (Å²) in [5, 5.41) is 11.4. The van der Waals surface area contributed by atoms with E-state index in [0.29, 0.717) is 25.9 Å². The van der Waals surface area contributed by atoms with Gasteiger partial charge in [-0.3, -0.25) is 0 Å². The standard InChI is InChI=1S/C13H19N3O3S/c1-3-13(11(17)18)5-4-6-16(13)12(19)15(2)7-10-8-20-9-14-10/h8-9H,3-7H2,1-2H3,(H,17,18). The summed E-state index contributed by atoms with van der Waals surface area (Å²) in [5.41, 5.74) is 1.49. The second-order valence-corrected chi connectivity index (χ2v) is 5.78. The lowest BCUT2D eigenvalue weighted by Gasteiger charge is -2.36. The van der Waals surface area contributed by atoms with E-state index in [-0.39, 0.29) is 6.03 Å². The minimum Gasteiger partial charge on any atom is -0.479 e. The SMILES string of the molecule is CCC1(C(=O)O)CCCN1C(=O)N(C)Cc1cscn1. The van der Waals surface area contributed by atoms with Gasteiger partial charge in [-0.05, 0) is 19.3 Å². The molecule has 0 radical (unpaired) electrons. The van der Waals surface area contributed by atoms with Crippen LogP contribution in [0.2, 0.25) is 0 Å². The number of hydrogen-bond donors (Lipinski definition) is 1. The number of carbonyl (C=O) groups is 2. The Kier molecular flexibility index (Phi) is 4.27. The van der Waals surface area contributed by atoms with Crippen LogP contribution < -0.4 is 0 Å². The van der Waals surface area contributed by atoms with E-state index in [2.05, 4.69) is 4.98 Å². The summed E-state index contributed by atoms with van der Waals surface area (Å²) >= 11 is 1.48. The molecule has 0 bridgehead atoms. The Labute approximate surface area is 122 Å². The van der Waals surface area contributed by atoms with Gasteiger partial charge in [-0.25, -0.2) is 14.6 Å². The summed E-state index contributed by atoms with van der Waals surface area (Å²) in [7, 11) is 1.68. The number of carboxylic acid groups (broad SMARTS) is 1. The molecular formula is C13H19N3O3S. The molecule has 0 saturated carbocycles. The molecular weight excluding hydrogens is 278 g/mol. The molecule has 1 aliphatic heterocycles. The number of carbonyl (C=O) groups excluding carboxylic acids is 1. The summed E-state index contributed by atoms with van der Waals surface area (Å²) in [6, 6.07) is -0.236. The van der Waals surface area contributed by atoms with Crippen molar-refractivity contribution in [2.75, 3.05) is 13.6 Å². The van der Waals surface area contributed by atoms with Crippen molar-refractivity contribution in [2.24, 2.45) is 0 Å². The van der Waals surface area contributed by atoms with Crippen LogP contribution in [0.3, 0.4) is 0 Å². The van der Waals surface area contributed by atoms with Crippen LogP contribution in [0.4, 0.5) is 4.79 Å². The van der Waals surface area contributed by atoms with Gasteiger partial charge in [-0.1, -0.05) is 6.92 Å². The van der Waals surface area contributed by atoms with Crippen molar-refractivity contribution in [3.63, 3.8) is 0 Å². The first-order valence-electron chi connectivity index (χ1n) is 6.64. The van der Waals surface area contributed by atoms with Crippen molar-refractivity contribution in [3.05, 3.63) is 16.6 Å². The molecule has 1 aromatic heterocycles. The van der Waals surface area contributed by atoms with E-state index in [1.807, 2.05) is 12.3 Å². The third-order valence-corrected chi connectivity index (χ3v) is 4.55. The first-order valence-corrected chi connectivity index (χ1v) is 7.58. The normalized spacial score (nSPS) is 22.0. The molecule has 2 heterocycles. The van der Waals surface area contributed by atoms with Gasteiger partial charge in [-0.2, -0.15) is 0 Å². The minimum absolute atomic E-state index is 0.236. The number of amides is 2. The average molecular weight is 297 g/mol. The highest BCUT2D eigenvalue weighted by atomic mass is 32.1. The summed E-state index contributed by atoms with van der Waals surface area (Å²) in [6.45, 7) is 2.72. The number of likely N-dealkylation sites (tertiary alicyclic amines) is 1. The highest BCUT2D eigenvalue weighted by molar-refractivity contribution is 7.07. The van der Waals surface area contributed by atoms with E-state index < -0.39 is 11.5 Å². The number of aliphatic carboxylic acids is 1. The number of aromatic nitrogens is 1. The monoisotopic (exact) mass is 297 g/mol. The van der Waals surface area contributed by atoms with E-state index in [1.165, 1.54) is 21.1 Å². The molecule has 1 saturated heterocycles. The molecule has 1 atom stereocenters. The van der Waals surface area contributed by atoms with Crippen molar-refractivity contribution >= 4 is 23.3 Å². The number of carboxylic acids is 1. The lowest BCUT2D eigenvalue weighted by Crippen LogP contribution is -2.55. The van der Waals surface area contributed by atoms with Crippen molar-refractivity contribution in [3.8, 4) is 0 Å². The Bertz CT molecular complexity index is 491. The van der Waals surface area contributed by atoms with E-state index in [0.717, 1.165) is 12.1 Å². The highest BCUT2D eigenvalue weighted by Crippen LogP contribution is 2.33. The number of nitrogens with zero attached hydrogens (tertiary/aromatic N) is 3. The molecule has 0 aliphatic carbocycles. The van der Waals surface area contributed by atoms with Crippen LogP contribution in [0.5, 0.6) is 0 Å². The van der Waals surface area contributed by atoms with Crippen molar-refractivity contribution in [2.45, 2.75) is 38.3 Å². The molecule has 20 heavy (non-hydrogen) atoms. The van der Waals surface area contributed by atoms with Crippen LogP contribution in [0.1, 0.15) is 31.9 Å². The van der Waals surface area contributed by atoms with Crippen molar-refractivity contribution in [1.29, 1.82) is 0 Å². The first kappa shape index (κ1) is 14.8. The predicted molar refractivity (Wildman–Crippen MR) is 75.6 cm³/mol. The fourth-order valence-electron chi connectivity index (χ4n) is 2.73. The summed E-state index contributed by atoms with van der Waals surface area (Å²) < 4.78 is 0. The lowest BCUT2D eigenvalue weighted by atomic mass is 9.93. The molecule has 0 spiro atoms. The minimum atomic E-state index is -1.05. The Morgan fingerprint density at radius 1 is 1.60 bits per heavy atom. The Morgan fingerprint density at radius 3 is 2.90 bits per heavy atom. The van der Waals surface area contributed by atoms with Crippen LogP contribution in [0.15, 0.2) is 10.9 Å². The van der Waals surface area contributed by atoms with Crippen LogP contribution >= 0.6 is 11.3 Å². The highest BCUT2D eigenvalue weighted by Gasteiger charge is 2.49. The van der Waals surface area contributed by atoms with Crippen molar-refractivity contribution < 1.29 is 14.7 Å². The molecule has 7 heteroatoms. The van der Waals surface area contributed by atoms with Gasteiger partial charge >= 0.3 is 12.0 Å². The molecule has 0 aromatic carbocycles. The van der Waals surface area contributed by atoms with E-state index >= 15 is 0 Å². The Balaban J connectivity index is 2.13. The maximum atomic E-state index is 12.5. The first-order chi connectivity index (χ1) is 9.51. The smallest absolute Gasteiger partial charge is 0.329 e. The zero-order chi connectivity index (χ0) is 14.8. The summed E-state index contributed by atoms with van der Waals surface area (Å²) in [4.78, 5) is 31.3. The fraction of sp³-hybridized carbons (Fsp3) is 0.615. The molecule has 1 fully saturated rings. The number of hydrogen-bond acceptors (Lipinski definition) is 4. The third kappa shape index (κ3) is 2.49. The van der Waals surface area contributed by atoms with Gasteiger partial charge in [0.1, 0.15) is 5.54 Å². The average Bonchev–Trinajstić information content (AvgIpc) is 3.06. The largest absolute Gasteiger partial charge is 0.479 e. The van der Waals surface area contributed by atoms with Gasteiger partial charge in [0, 0.05) is 19.0 Å². The van der Waals surface area contributed by atoms with Crippen LogP contribution in [0.25, 0.3) is 0 Å². The van der Waals surface area contributed by atoms with Crippen LogP contribution in [0, 0.1) is 0 Å². The van der Waals surface area contributed by atoms with Crippen molar-refractivity contribution in [1.82, 2.24) is 14.8 Å². The third-order valence-electron chi connectivity index (χ3n) is 3.91. The molecule has 1 unspecified atom stereocenters. The maximum absolute atomic E-state index is 12.5. The van der Waals surface area contributed by atoms with Gasteiger partial charge in [0.25, 0.3) is 0 Å². The molecule has 2 rings (SSSR count). The number of thiazole rings is 1. The zero-order valence-corrected chi connectivity index (χ0v) is 12.5. The Morgan fingerprint density at radius 2 is 2.35 bits per heavy atom. The Hall–Kier alpha value is -1.63. The number of urea groups is 1. The predicted octanol–water partition coefficient (Wildman–Crippen LogP) is 2.02. The molecule has 1 N–H and O–H groups in total. The second-order valence-electron chi connectivity index (χ2n) is 5.06. The zero-order valence-electron chi connectivity index (χ0n) is 11.7. The number of rotatable bonds is 4. The van der Waals surface area contributed by atoms with Gasteiger partial charge in [0.05, 0.1) is 17.7 Å². The van der Waals surface area contributed by atoms with Crippen LogP contribution in [-0.2, 0) is 11.3 Å². The van der Waals surface area contributed by atoms with Gasteiger partial charge in [0.2, 0.25) is 0 Å². The van der Waals surface area contributed by atoms with Gasteiger partial charge in [-0.15, -0.1) is 11.3 Å². The molecule has 1 aliphatic rings. The molecule has 1 aromatic rings. The topological polar surface area (TPSA) is 73.7 Å². The molecule has 110 valence electrons. The quantitative estimate of drug-likeness (QED) is 0.922. The fourth-order valence-corrected chi connectivity index (χ4v) is 3.28. The van der Waals surface area contributed by atoms with E-state index in [4.69, 9.17) is 0 Å². The summed E-state index contributed by atoms with van der Waals surface area (Å²) in [6.07, 6.45) is 1.68. The lowest BCUT2D eigenvalue weighted by molar-refractivity contribution is -0.148. The van der Waals surface area contributed by atoms with E-state index in [9.17, 15) is 14.7 Å². The molecule has 6 nitrogen and oxygen atoms in total. The van der Waals surface area contributed by atoms with E-state index in [1.54, 1.807) is 12.6 Å².